The minimum atomic E-state index is -0.460. The molecule has 1 fully saturated rings. The molecule has 1 amide bonds. The summed E-state index contributed by atoms with van der Waals surface area (Å²) in [5.74, 6) is 6.02. The van der Waals surface area contributed by atoms with Crippen molar-refractivity contribution < 1.29 is 9.53 Å². The second-order valence-electron chi connectivity index (χ2n) is 6.55. The van der Waals surface area contributed by atoms with E-state index in [0.29, 0.717) is 0 Å². The minimum absolute atomic E-state index is 0.258. The molecule has 2 aromatic carbocycles. The monoisotopic (exact) mass is 363 g/mol. The Kier molecular flexibility index (Phi) is 6.72. The number of rotatable bonds is 4. The van der Waals surface area contributed by atoms with E-state index in [1.54, 1.807) is 0 Å². The van der Waals surface area contributed by atoms with E-state index in [2.05, 4.69) is 46.1 Å². The molecule has 27 heavy (non-hydrogen) atoms. The molecule has 140 valence electrons. The summed E-state index contributed by atoms with van der Waals surface area (Å²) in [6, 6.07) is 17.8. The molecule has 0 atom stereocenters. The molecule has 2 aromatic rings. The SMILES string of the molecule is CN1CCN(c2ccc(C#CCNC(=O)OCc3ccccc3)cc2)CC1. The fourth-order valence-electron chi connectivity index (χ4n) is 2.86. The van der Waals surface area contributed by atoms with Crippen LogP contribution >= 0.6 is 0 Å². The van der Waals surface area contributed by atoms with Crippen molar-refractivity contribution >= 4 is 11.8 Å². The third kappa shape index (κ3) is 6.05. The molecule has 0 saturated carbocycles. The fourth-order valence-corrected chi connectivity index (χ4v) is 2.86. The molecule has 5 heteroatoms. The zero-order valence-corrected chi connectivity index (χ0v) is 15.6. The van der Waals surface area contributed by atoms with Gasteiger partial charge in [-0.25, -0.2) is 4.79 Å². The average Bonchev–Trinajstić information content (AvgIpc) is 2.71. The summed E-state index contributed by atoms with van der Waals surface area (Å²) < 4.78 is 5.14. The van der Waals surface area contributed by atoms with Crippen molar-refractivity contribution in [2.24, 2.45) is 0 Å². The maximum atomic E-state index is 11.7. The predicted octanol–water partition coefficient (Wildman–Crippen LogP) is 2.72. The number of benzene rings is 2. The maximum Gasteiger partial charge on any atom is 0.408 e. The summed E-state index contributed by atoms with van der Waals surface area (Å²) in [4.78, 5) is 16.4. The summed E-state index contributed by atoms with van der Waals surface area (Å²) in [6.07, 6.45) is -0.460. The molecule has 5 nitrogen and oxygen atoms in total. The average molecular weight is 363 g/mol. The Balaban J connectivity index is 1.40. The van der Waals surface area contributed by atoms with Crippen LogP contribution in [0, 0.1) is 11.8 Å². The van der Waals surface area contributed by atoms with Crippen molar-refractivity contribution in [2.75, 3.05) is 44.7 Å². The van der Waals surface area contributed by atoms with Gasteiger partial charge >= 0.3 is 6.09 Å². The summed E-state index contributed by atoms with van der Waals surface area (Å²) >= 11 is 0. The van der Waals surface area contributed by atoms with Crippen LogP contribution in [0.4, 0.5) is 10.5 Å². The van der Waals surface area contributed by atoms with Gasteiger partial charge in [0.05, 0.1) is 6.54 Å². The van der Waals surface area contributed by atoms with Crippen molar-refractivity contribution in [3.63, 3.8) is 0 Å². The van der Waals surface area contributed by atoms with Crippen molar-refractivity contribution in [3.05, 3.63) is 65.7 Å². The van der Waals surface area contributed by atoms with Crippen LogP contribution in [-0.2, 0) is 11.3 Å². The lowest BCUT2D eigenvalue weighted by Crippen LogP contribution is -2.44. The van der Waals surface area contributed by atoms with Gasteiger partial charge in [0.25, 0.3) is 0 Å². The number of carbonyl (C=O) groups excluding carboxylic acids is 1. The number of carbonyl (C=O) groups is 1. The lowest BCUT2D eigenvalue weighted by molar-refractivity contribution is 0.141. The largest absolute Gasteiger partial charge is 0.445 e. The first-order chi connectivity index (χ1) is 13.2. The van der Waals surface area contributed by atoms with Gasteiger partial charge in [-0.1, -0.05) is 42.2 Å². The Labute approximate surface area is 160 Å². The Bertz CT molecular complexity index is 786. The van der Waals surface area contributed by atoms with Crippen LogP contribution < -0.4 is 10.2 Å². The van der Waals surface area contributed by atoms with Crippen LogP contribution in [0.3, 0.4) is 0 Å². The number of ether oxygens (including phenoxy) is 1. The molecular weight excluding hydrogens is 338 g/mol. The van der Waals surface area contributed by atoms with Gasteiger partial charge in [0.1, 0.15) is 6.61 Å². The number of hydrogen-bond acceptors (Lipinski definition) is 4. The first-order valence-corrected chi connectivity index (χ1v) is 9.18. The van der Waals surface area contributed by atoms with Crippen LogP contribution in [-0.4, -0.2) is 50.8 Å². The second-order valence-corrected chi connectivity index (χ2v) is 6.55. The highest BCUT2D eigenvalue weighted by Crippen LogP contribution is 2.16. The highest BCUT2D eigenvalue weighted by atomic mass is 16.5. The molecule has 0 bridgehead atoms. The van der Waals surface area contributed by atoms with E-state index in [9.17, 15) is 4.79 Å². The molecule has 1 saturated heterocycles. The van der Waals surface area contributed by atoms with Gasteiger partial charge in [-0.2, -0.15) is 0 Å². The Morgan fingerprint density at radius 1 is 1.04 bits per heavy atom. The molecule has 0 radical (unpaired) electrons. The number of hydrogen-bond donors (Lipinski definition) is 1. The summed E-state index contributed by atoms with van der Waals surface area (Å²) in [5, 5.41) is 2.64. The van der Waals surface area contributed by atoms with Crippen LogP contribution in [0.25, 0.3) is 0 Å². The van der Waals surface area contributed by atoms with Crippen molar-refractivity contribution in [3.8, 4) is 11.8 Å². The maximum absolute atomic E-state index is 11.7. The molecular formula is C22H25N3O2. The lowest BCUT2D eigenvalue weighted by atomic mass is 10.2. The van der Waals surface area contributed by atoms with Crippen LogP contribution in [0.15, 0.2) is 54.6 Å². The van der Waals surface area contributed by atoms with E-state index in [0.717, 1.165) is 37.3 Å². The molecule has 1 aliphatic heterocycles. The molecule has 0 aromatic heterocycles. The van der Waals surface area contributed by atoms with E-state index < -0.39 is 6.09 Å². The quantitative estimate of drug-likeness (QED) is 0.849. The molecule has 1 heterocycles. The Morgan fingerprint density at radius 2 is 1.74 bits per heavy atom. The molecule has 1 aliphatic rings. The Hall–Kier alpha value is -2.97. The summed E-state index contributed by atoms with van der Waals surface area (Å²) in [6.45, 7) is 4.80. The van der Waals surface area contributed by atoms with Gasteiger partial charge in [-0.15, -0.1) is 0 Å². The van der Waals surface area contributed by atoms with Crippen molar-refractivity contribution in [1.29, 1.82) is 0 Å². The van der Waals surface area contributed by atoms with E-state index in [-0.39, 0.29) is 13.2 Å². The lowest BCUT2D eigenvalue weighted by Gasteiger charge is -2.34. The number of amides is 1. The first kappa shape index (κ1) is 18.8. The van der Waals surface area contributed by atoms with Crippen LogP contribution in [0.1, 0.15) is 11.1 Å². The zero-order valence-electron chi connectivity index (χ0n) is 15.6. The normalized spacial score (nSPS) is 14.2. The fraction of sp³-hybridized carbons (Fsp3) is 0.318. The van der Waals surface area contributed by atoms with Gasteiger partial charge < -0.3 is 19.9 Å². The van der Waals surface area contributed by atoms with Gasteiger partial charge in [-0.05, 0) is 36.9 Å². The molecule has 1 N–H and O–H groups in total. The smallest absolute Gasteiger partial charge is 0.408 e. The van der Waals surface area contributed by atoms with Crippen LogP contribution in [0.2, 0.25) is 0 Å². The minimum Gasteiger partial charge on any atom is -0.445 e. The number of nitrogens with one attached hydrogen (secondary N) is 1. The number of alkyl carbamates (subject to hydrolysis) is 1. The first-order valence-electron chi connectivity index (χ1n) is 9.18. The molecule has 0 spiro atoms. The number of likely N-dealkylation sites (N-methyl/N-ethyl adjacent to an activating group) is 1. The molecule has 0 aliphatic carbocycles. The van der Waals surface area contributed by atoms with E-state index >= 15 is 0 Å². The number of anilines is 1. The van der Waals surface area contributed by atoms with Gasteiger partial charge in [0.2, 0.25) is 0 Å². The predicted molar refractivity (Wildman–Crippen MR) is 108 cm³/mol. The van der Waals surface area contributed by atoms with E-state index in [1.807, 2.05) is 42.5 Å². The summed E-state index contributed by atoms with van der Waals surface area (Å²) in [5.41, 5.74) is 3.13. The second kappa shape index (κ2) is 9.65. The van der Waals surface area contributed by atoms with E-state index in [1.165, 1.54) is 5.69 Å². The van der Waals surface area contributed by atoms with E-state index in [4.69, 9.17) is 4.74 Å². The number of piperazine rings is 1. The third-order valence-electron chi connectivity index (χ3n) is 4.50. The highest BCUT2D eigenvalue weighted by Gasteiger charge is 2.13. The topological polar surface area (TPSA) is 44.8 Å². The molecule has 3 rings (SSSR count). The Morgan fingerprint density at radius 3 is 2.44 bits per heavy atom. The van der Waals surface area contributed by atoms with Crippen LogP contribution in [0.5, 0.6) is 0 Å². The van der Waals surface area contributed by atoms with Crippen molar-refractivity contribution in [2.45, 2.75) is 6.61 Å². The highest BCUT2D eigenvalue weighted by molar-refractivity contribution is 5.67. The summed E-state index contributed by atoms with van der Waals surface area (Å²) in [7, 11) is 2.15. The molecule has 0 unspecified atom stereocenters. The van der Waals surface area contributed by atoms with Crippen molar-refractivity contribution in [1.82, 2.24) is 10.2 Å². The standard InChI is InChI=1S/C22H25N3O2/c1-24-14-16-25(17-15-24)21-11-9-19(10-12-21)8-5-13-23-22(26)27-18-20-6-3-2-4-7-20/h2-4,6-7,9-12H,13-18H2,1H3,(H,23,26). The number of nitrogens with zero attached hydrogens (tertiary/aromatic N) is 2. The zero-order chi connectivity index (χ0) is 18.9. The van der Waals surface area contributed by atoms with Gasteiger partial charge in [-0.3, -0.25) is 0 Å². The van der Waals surface area contributed by atoms with Gasteiger partial charge in [0.15, 0.2) is 0 Å². The third-order valence-corrected chi connectivity index (χ3v) is 4.50. The van der Waals surface area contributed by atoms with Gasteiger partial charge in [0, 0.05) is 37.4 Å².